The Labute approximate surface area is 134 Å². The standard InChI is InChI=1S/C15H29N2O4P/c1-11(2)13(16)14(19)17-10-12(18)9-15(21-22(3)20)7-5-4-6-8-15/h11-13,18H,4-10,16H2,1-3H3/p+1/t12-,13+/m1/s1. The van der Waals surface area contributed by atoms with Crippen molar-refractivity contribution < 1.29 is 19.0 Å². The van der Waals surface area contributed by atoms with E-state index in [1.165, 1.54) is 0 Å². The summed E-state index contributed by atoms with van der Waals surface area (Å²) in [5, 5.41) is 12.9. The fourth-order valence-corrected chi connectivity index (χ4v) is 3.74. The summed E-state index contributed by atoms with van der Waals surface area (Å²) in [5.74, 6) is -0.205. The van der Waals surface area contributed by atoms with Crippen LogP contribution in [0.25, 0.3) is 0 Å². The number of carbonyl (C=O) groups excluding carboxylic acids is 1. The lowest BCUT2D eigenvalue weighted by Crippen LogP contribution is -2.47. The summed E-state index contributed by atoms with van der Waals surface area (Å²) < 4.78 is 17.1. The second-order valence-corrected chi connectivity index (χ2v) is 7.71. The molecule has 0 saturated heterocycles. The van der Waals surface area contributed by atoms with Crippen molar-refractivity contribution in [3.8, 4) is 0 Å². The van der Waals surface area contributed by atoms with Gasteiger partial charge in [0.1, 0.15) is 5.60 Å². The molecule has 1 fully saturated rings. The SMILES string of the molecule is CC(C)[C@H](N)C(=O)NC[C@H](O)CC1(O[P+](C)=O)CCCCC1. The van der Waals surface area contributed by atoms with Crippen molar-refractivity contribution in [1.29, 1.82) is 0 Å². The molecule has 0 aromatic carbocycles. The zero-order valence-corrected chi connectivity index (χ0v) is 14.8. The Morgan fingerprint density at radius 2 is 1.95 bits per heavy atom. The van der Waals surface area contributed by atoms with Crippen LogP contribution in [0.2, 0.25) is 0 Å². The number of aliphatic hydroxyl groups is 1. The van der Waals surface area contributed by atoms with E-state index in [4.69, 9.17) is 10.3 Å². The highest BCUT2D eigenvalue weighted by molar-refractivity contribution is 7.38. The molecule has 6 nitrogen and oxygen atoms in total. The second-order valence-electron chi connectivity index (χ2n) is 6.65. The number of carbonyl (C=O) groups is 1. The minimum Gasteiger partial charge on any atom is -0.391 e. The Balaban J connectivity index is 2.51. The number of hydrogen-bond donors (Lipinski definition) is 3. The van der Waals surface area contributed by atoms with E-state index in [1.54, 1.807) is 6.66 Å². The molecule has 22 heavy (non-hydrogen) atoms. The first-order valence-corrected chi connectivity index (χ1v) is 9.69. The van der Waals surface area contributed by atoms with Crippen LogP contribution in [0, 0.1) is 5.92 Å². The molecule has 0 aromatic heterocycles. The highest BCUT2D eigenvalue weighted by atomic mass is 31.1. The normalized spacial score (nSPS) is 21.3. The largest absolute Gasteiger partial charge is 0.505 e. The van der Waals surface area contributed by atoms with Crippen LogP contribution in [0.5, 0.6) is 0 Å². The summed E-state index contributed by atoms with van der Waals surface area (Å²) in [6.45, 7) is 5.44. The molecule has 1 amide bonds. The summed E-state index contributed by atoms with van der Waals surface area (Å²) in [6.07, 6.45) is 4.44. The lowest BCUT2D eigenvalue weighted by molar-refractivity contribution is -0.124. The molecule has 1 aliphatic carbocycles. The Kier molecular flexibility index (Phi) is 7.90. The number of aliphatic hydroxyl groups excluding tert-OH is 1. The summed E-state index contributed by atoms with van der Waals surface area (Å²) in [7, 11) is -1.71. The highest BCUT2D eigenvalue weighted by Crippen LogP contribution is 2.41. The Bertz CT molecular complexity index is 384. The van der Waals surface area contributed by atoms with Crippen molar-refractivity contribution in [3.05, 3.63) is 0 Å². The van der Waals surface area contributed by atoms with Crippen molar-refractivity contribution in [2.75, 3.05) is 13.2 Å². The topological polar surface area (TPSA) is 102 Å². The molecule has 0 aliphatic heterocycles. The van der Waals surface area contributed by atoms with E-state index < -0.39 is 25.8 Å². The highest BCUT2D eigenvalue weighted by Gasteiger charge is 2.41. The second kappa shape index (κ2) is 8.92. The summed E-state index contributed by atoms with van der Waals surface area (Å²) >= 11 is 0. The van der Waals surface area contributed by atoms with Crippen LogP contribution in [0.4, 0.5) is 0 Å². The van der Waals surface area contributed by atoms with Gasteiger partial charge in [-0.05, 0) is 23.3 Å². The van der Waals surface area contributed by atoms with Crippen molar-refractivity contribution in [1.82, 2.24) is 5.32 Å². The maximum absolute atomic E-state index is 11.8. The van der Waals surface area contributed by atoms with Crippen LogP contribution in [-0.2, 0) is 13.9 Å². The van der Waals surface area contributed by atoms with Gasteiger partial charge in [-0.15, -0.1) is 4.52 Å². The van der Waals surface area contributed by atoms with E-state index in [2.05, 4.69) is 5.32 Å². The Morgan fingerprint density at radius 3 is 2.45 bits per heavy atom. The quantitative estimate of drug-likeness (QED) is 0.589. The third kappa shape index (κ3) is 6.29. The fourth-order valence-electron chi connectivity index (χ4n) is 2.94. The van der Waals surface area contributed by atoms with Crippen molar-refractivity contribution >= 4 is 13.9 Å². The van der Waals surface area contributed by atoms with Crippen LogP contribution in [0.15, 0.2) is 0 Å². The van der Waals surface area contributed by atoms with Gasteiger partial charge in [-0.1, -0.05) is 33.1 Å². The lowest BCUT2D eigenvalue weighted by atomic mass is 9.81. The molecule has 1 rings (SSSR count). The maximum atomic E-state index is 11.8. The maximum Gasteiger partial charge on any atom is 0.505 e. The molecular formula is C15H30N2O4P+. The van der Waals surface area contributed by atoms with E-state index >= 15 is 0 Å². The molecule has 0 spiro atoms. The molecule has 0 heterocycles. The first-order valence-electron chi connectivity index (χ1n) is 8.07. The Morgan fingerprint density at radius 1 is 1.36 bits per heavy atom. The summed E-state index contributed by atoms with van der Waals surface area (Å²) in [4.78, 5) is 11.8. The minimum absolute atomic E-state index is 0.0503. The van der Waals surface area contributed by atoms with Gasteiger partial charge in [-0.2, -0.15) is 0 Å². The number of nitrogens with one attached hydrogen (secondary N) is 1. The van der Waals surface area contributed by atoms with Gasteiger partial charge in [0.15, 0.2) is 6.66 Å². The van der Waals surface area contributed by atoms with Gasteiger partial charge >= 0.3 is 8.03 Å². The van der Waals surface area contributed by atoms with Crippen molar-refractivity contribution in [3.63, 3.8) is 0 Å². The van der Waals surface area contributed by atoms with Gasteiger partial charge in [0.2, 0.25) is 5.91 Å². The van der Waals surface area contributed by atoms with E-state index in [0.717, 1.165) is 32.1 Å². The zero-order chi connectivity index (χ0) is 16.8. The van der Waals surface area contributed by atoms with Crippen LogP contribution < -0.4 is 11.1 Å². The predicted octanol–water partition coefficient (Wildman–Crippen LogP) is 1.93. The lowest BCUT2D eigenvalue weighted by Gasteiger charge is -2.33. The van der Waals surface area contributed by atoms with Crippen LogP contribution in [0.3, 0.4) is 0 Å². The average molecular weight is 333 g/mol. The van der Waals surface area contributed by atoms with Crippen molar-refractivity contribution in [2.24, 2.45) is 11.7 Å². The third-order valence-electron chi connectivity index (χ3n) is 4.23. The molecule has 4 N–H and O–H groups in total. The van der Waals surface area contributed by atoms with Gasteiger partial charge < -0.3 is 16.2 Å². The molecule has 0 radical (unpaired) electrons. The number of hydrogen-bond acceptors (Lipinski definition) is 5. The summed E-state index contributed by atoms with van der Waals surface area (Å²) in [5.41, 5.74) is 5.24. The molecule has 1 saturated carbocycles. The van der Waals surface area contributed by atoms with Gasteiger partial charge in [0, 0.05) is 13.0 Å². The van der Waals surface area contributed by atoms with E-state index in [9.17, 15) is 14.5 Å². The van der Waals surface area contributed by atoms with E-state index in [-0.39, 0.29) is 18.4 Å². The minimum atomic E-state index is -1.71. The molecule has 128 valence electrons. The summed E-state index contributed by atoms with van der Waals surface area (Å²) in [6, 6.07) is -0.572. The van der Waals surface area contributed by atoms with Gasteiger partial charge in [0.25, 0.3) is 0 Å². The fraction of sp³-hybridized carbons (Fsp3) is 0.933. The van der Waals surface area contributed by atoms with Crippen molar-refractivity contribution in [2.45, 2.75) is 70.1 Å². The molecule has 1 aliphatic rings. The molecule has 3 atom stereocenters. The first kappa shape index (κ1) is 19.5. The van der Waals surface area contributed by atoms with Gasteiger partial charge in [0.05, 0.1) is 12.1 Å². The van der Waals surface area contributed by atoms with Crippen LogP contribution in [0.1, 0.15) is 52.4 Å². The van der Waals surface area contributed by atoms with Gasteiger partial charge in [-0.3, -0.25) is 4.79 Å². The number of rotatable bonds is 8. The van der Waals surface area contributed by atoms with Crippen LogP contribution >= 0.6 is 8.03 Å². The third-order valence-corrected chi connectivity index (χ3v) is 4.87. The molecule has 0 aromatic rings. The van der Waals surface area contributed by atoms with Gasteiger partial charge in [-0.25, -0.2) is 0 Å². The average Bonchev–Trinajstić information content (AvgIpc) is 2.43. The van der Waals surface area contributed by atoms with E-state index in [1.807, 2.05) is 13.8 Å². The smallest absolute Gasteiger partial charge is 0.391 e. The number of amides is 1. The number of nitrogens with two attached hydrogens (primary N) is 1. The monoisotopic (exact) mass is 333 g/mol. The molecule has 1 unspecified atom stereocenters. The zero-order valence-electron chi connectivity index (χ0n) is 13.9. The molecular weight excluding hydrogens is 303 g/mol. The van der Waals surface area contributed by atoms with E-state index in [0.29, 0.717) is 6.42 Å². The first-order chi connectivity index (χ1) is 10.3. The van der Waals surface area contributed by atoms with Crippen LogP contribution in [-0.4, -0.2) is 42.0 Å². The predicted molar refractivity (Wildman–Crippen MR) is 86.9 cm³/mol. The molecule has 0 bridgehead atoms. The Hall–Kier alpha value is -0.550. The molecule has 7 heteroatoms.